The molecule has 0 aromatic rings. The highest BCUT2D eigenvalue weighted by Gasteiger charge is 2.62. The Morgan fingerprint density at radius 2 is 1.91 bits per heavy atom. The summed E-state index contributed by atoms with van der Waals surface area (Å²) in [5.74, 6) is -3.07. The van der Waals surface area contributed by atoms with Crippen LogP contribution >= 0.6 is 0 Å². The van der Waals surface area contributed by atoms with E-state index in [1.807, 2.05) is 12.2 Å². The maximum absolute atomic E-state index is 13.5. The van der Waals surface area contributed by atoms with Gasteiger partial charge in [-0.3, -0.25) is 19.2 Å². The molecule has 1 aliphatic carbocycles. The Morgan fingerprint density at radius 1 is 1.18 bits per heavy atom. The number of carbonyl (C=O) groups is 5. The van der Waals surface area contributed by atoms with Crippen LogP contribution in [0.15, 0.2) is 12.2 Å². The van der Waals surface area contributed by atoms with Crippen molar-refractivity contribution in [3.05, 3.63) is 12.2 Å². The van der Waals surface area contributed by atoms with Crippen molar-refractivity contribution in [2.24, 2.45) is 11.8 Å². The molecule has 9 nitrogen and oxygen atoms in total. The standard InChI is InChI=1S/C25H36N2O7/c1-24(2,3)34-20(29)12-16-10-8-6-5-7-9-11-17-14-25(17,23(32)33-4)26-21(30)19-13-18(28)15-27(19)22(16)31/h9,11,16-17,19H,5-8,10,12-15H2,1-4H3,(H,26,30)/b11-9-/t16-,17-,19+,25-/m1/s1. The third-order valence-electron chi connectivity index (χ3n) is 6.61. The second kappa shape index (κ2) is 10.3. The van der Waals surface area contributed by atoms with Crippen molar-refractivity contribution in [2.75, 3.05) is 13.7 Å². The number of amides is 2. The topological polar surface area (TPSA) is 119 Å². The van der Waals surface area contributed by atoms with Crippen LogP contribution < -0.4 is 5.32 Å². The SMILES string of the molecule is COC(=O)[C@@]12C[C@H]1/C=C\CCCCC[C@H](CC(=O)OC(C)(C)C)C(=O)N1CC(=O)C[C@H]1C(=O)N2. The molecule has 1 saturated carbocycles. The van der Waals surface area contributed by atoms with E-state index in [0.717, 1.165) is 25.7 Å². The number of rotatable bonds is 3. The van der Waals surface area contributed by atoms with Gasteiger partial charge in [-0.05, 0) is 46.5 Å². The van der Waals surface area contributed by atoms with Crippen LogP contribution in [-0.4, -0.2) is 65.3 Å². The zero-order valence-corrected chi connectivity index (χ0v) is 20.6. The van der Waals surface area contributed by atoms with Crippen molar-refractivity contribution < 1.29 is 33.4 Å². The minimum atomic E-state index is -1.17. The monoisotopic (exact) mass is 476 g/mol. The summed E-state index contributed by atoms with van der Waals surface area (Å²) in [5.41, 5.74) is -1.85. The molecule has 188 valence electrons. The summed E-state index contributed by atoms with van der Waals surface area (Å²) in [5, 5.41) is 2.78. The quantitative estimate of drug-likeness (QED) is 0.489. The Morgan fingerprint density at radius 3 is 2.59 bits per heavy atom. The Balaban J connectivity index is 1.85. The lowest BCUT2D eigenvalue weighted by Gasteiger charge is -2.29. The van der Waals surface area contributed by atoms with Crippen LogP contribution in [0.3, 0.4) is 0 Å². The van der Waals surface area contributed by atoms with Gasteiger partial charge in [0.15, 0.2) is 5.78 Å². The molecule has 4 atom stereocenters. The van der Waals surface area contributed by atoms with Gasteiger partial charge in [-0.25, -0.2) is 4.79 Å². The first-order chi connectivity index (χ1) is 16.0. The average molecular weight is 477 g/mol. The first-order valence-corrected chi connectivity index (χ1v) is 12.1. The molecule has 0 spiro atoms. The molecular formula is C25H36N2O7. The lowest BCUT2D eigenvalue weighted by Crippen LogP contribution is -2.54. The van der Waals surface area contributed by atoms with E-state index in [0.29, 0.717) is 12.8 Å². The smallest absolute Gasteiger partial charge is 0.332 e. The molecule has 9 heteroatoms. The van der Waals surface area contributed by atoms with Gasteiger partial charge in [-0.15, -0.1) is 0 Å². The summed E-state index contributed by atoms with van der Waals surface area (Å²) in [6.45, 7) is 5.10. The number of ketones is 1. The van der Waals surface area contributed by atoms with E-state index >= 15 is 0 Å². The fourth-order valence-electron chi connectivity index (χ4n) is 4.81. The molecule has 0 aromatic heterocycles. The molecule has 0 unspecified atom stereocenters. The molecule has 2 fully saturated rings. The van der Waals surface area contributed by atoms with E-state index in [4.69, 9.17) is 9.47 Å². The van der Waals surface area contributed by atoms with Crippen molar-refractivity contribution in [1.29, 1.82) is 0 Å². The zero-order valence-electron chi connectivity index (χ0n) is 20.6. The maximum atomic E-state index is 13.5. The highest BCUT2D eigenvalue weighted by molar-refractivity contribution is 6.01. The highest BCUT2D eigenvalue weighted by atomic mass is 16.6. The normalized spacial score (nSPS) is 31.4. The van der Waals surface area contributed by atoms with E-state index in [-0.39, 0.29) is 31.1 Å². The van der Waals surface area contributed by atoms with Crippen molar-refractivity contribution in [2.45, 2.75) is 89.3 Å². The van der Waals surface area contributed by atoms with E-state index in [1.54, 1.807) is 20.8 Å². The van der Waals surface area contributed by atoms with Gasteiger partial charge in [-0.2, -0.15) is 0 Å². The molecule has 2 amide bonds. The van der Waals surface area contributed by atoms with Gasteiger partial charge < -0.3 is 19.7 Å². The van der Waals surface area contributed by atoms with E-state index in [2.05, 4.69) is 5.32 Å². The second-order valence-corrected chi connectivity index (χ2v) is 10.5. The summed E-state index contributed by atoms with van der Waals surface area (Å²) in [4.78, 5) is 65.3. The Labute approximate surface area is 200 Å². The van der Waals surface area contributed by atoms with Crippen LogP contribution in [-0.2, 0) is 33.4 Å². The minimum absolute atomic E-state index is 0.108. The average Bonchev–Trinajstić information content (AvgIpc) is 3.29. The molecule has 34 heavy (non-hydrogen) atoms. The van der Waals surface area contributed by atoms with Crippen molar-refractivity contribution in [3.8, 4) is 0 Å². The Bertz CT molecular complexity index is 875. The lowest BCUT2D eigenvalue weighted by atomic mass is 9.95. The van der Waals surface area contributed by atoms with Crippen LogP contribution in [0.2, 0.25) is 0 Å². The number of ether oxygens (including phenoxy) is 2. The molecule has 2 heterocycles. The molecule has 1 N–H and O–H groups in total. The van der Waals surface area contributed by atoms with Gasteiger partial charge in [0.05, 0.1) is 20.1 Å². The van der Waals surface area contributed by atoms with Crippen molar-refractivity contribution >= 4 is 29.5 Å². The number of hydrogen-bond donors (Lipinski definition) is 1. The second-order valence-electron chi connectivity index (χ2n) is 10.5. The summed E-state index contributed by atoms with van der Waals surface area (Å²) < 4.78 is 10.4. The van der Waals surface area contributed by atoms with Gasteiger partial charge in [0.25, 0.3) is 0 Å². The van der Waals surface area contributed by atoms with E-state index in [9.17, 15) is 24.0 Å². The lowest BCUT2D eigenvalue weighted by molar-refractivity contribution is -0.159. The van der Waals surface area contributed by atoms with Gasteiger partial charge in [-0.1, -0.05) is 25.0 Å². The van der Waals surface area contributed by atoms with Gasteiger partial charge in [0, 0.05) is 18.3 Å². The minimum Gasteiger partial charge on any atom is -0.467 e. The predicted octanol–water partition coefficient (Wildman–Crippen LogP) is 2.07. The number of esters is 2. The molecule has 1 saturated heterocycles. The largest absolute Gasteiger partial charge is 0.467 e. The zero-order chi connectivity index (χ0) is 25.1. The number of nitrogens with zero attached hydrogens (tertiary/aromatic N) is 1. The van der Waals surface area contributed by atoms with E-state index in [1.165, 1.54) is 12.0 Å². The van der Waals surface area contributed by atoms with Gasteiger partial charge in [0.2, 0.25) is 11.8 Å². The third-order valence-corrected chi connectivity index (χ3v) is 6.61. The molecule has 3 aliphatic rings. The molecule has 3 rings (SSSR count). The van der Waals surface area contributed by atoms with Crippen molar-refractivity contribution in [1.82, 2.24) is 10.2 Å². The number of carbonyl (C=O) groups excluding carboxylic acids is 5. The van der Waals surface area contributed by atoms with Gasteiger partial charge >= 0.3 is 11.9 Å². The van der Waals surface area contributed by atoms with Crippen LogP contribution in [0.5, 0.6) is 0 Å². The Hall–Kier alpha value is -2.71. The fourth-order valence-corrected chi connectivity index (χ4v) is 4.81. The molecule has 2 aliphatic heterocycles. The molecule has 0 bridgehead atoms. The van der Waals surface area contributed by atoms with Gasteiger partial charge in [0.1, 0.15) is 17.2 Å². The number of allylic oxidation sites excluding steroid dienone is 1. The van der Waals surface area contributed by atoms with E-state index < -0.39 is 46.9 Å². The number of Topliss-reactive ketones (excluding diaryl/α,β-unsaturated/α-hetero) is 1. The summed E-state index contributed by atoms with van der Waals surface area (Å²) in [6.07, 6.45) is 7.93. The fraction of sp³-hybridized carbons (Fsp3) is 0.720. The Kier molecular flexibility index (Phi) is 7.83. The summed E-state index contributed by atoms with van der Waals surface area (Å²) in [7, 11) is 1.27. The first kappa shape index (κ1) is 25.9. The molecule has 0 radical (unpaired) electrons. The predicted molar refractivity (Wildman–Crippen MR) is 122 cm³/mol. The number of methoxy groups -OCH3 is 1. The van der Waals surface area contributed by atoms with Crippen LogP contribution in [0.1, 0.15) is 72.1 Å². The summed E-state index contributed by atoms with van der Waals surface area (Å²) >= 11 is 0. The maximum Gasteiger partial charge on any atom is 0.332 e. The van der Waals surface area contributed by atoms with Crippen LogP contribution in [0.25, 0.3) is 0 Å². The van der Waals surface area contributed by atoms with Crippen LogP contribution in [0, 0.1) is 11.8 Å². The molecular weight excluding hydrogens is 440 g/mol. The summed E-state index contributed by atoms with van der Waals surface area (Å²) in [6, 6.07) is -1.02. The van der Waals surface area contributed by atoms with Crippen molar-refractivity contribution in [3.63, 3.8) is 0 Å². The first-order valence-electron chi connectivity index (χ1n) is 12.1. The highest BCUT2D eigenvalue weighted by Crippen LogP contribution is 2.46. The molecule has 0 aromatic carbocycles. The number of fused-ring (bicyclic) bond motifs is 2. The number of hydrogen-bond acceptors (Lipinski definition) is 7. The van der Waals surface area contributed by atoms with Crippen LogP contribution in [0.4, 0.5) is 0 Å². The third kappa shape index (κ3) is 6.04. The number of nitrogens with one attached hydrogen (secondary N) is 1.